The van der Waals surface area contributed by atoms with Gasteiger partial charge in [-0.25, -0.2) is 19.3 Å². The van der Waals surface area contributed by atoms with E-state index in [1.165, 1.54) is 12.1 Å². The lowest BCUT2D eigenvalue weighted by Crippen LogP contribution is -1.96. The molecule has 0 fully saturated rings. The zero-order chi connectivity index (χ0) is 17.4. The first-order valence-corrected chi connectivity index (χ1v) is 7.83. The molecular formula is C19H15FN4O. The maximum absolute atomic E-state index is 13.3. The first kappa shape index (κ1) is 15.4. The molecule has 4 rings (SSSR count). The van der Waals surface area contributed by atoms with Gasteiger partial charge in [-0.1, -0.05) is 0 Å². The normalized spacial score (nSPS) is 11.2. The average Bonchev–Trinajstić information content (AvgIpc) is 3.00. The van der Waals surface area contributed by atoms with E-state index >= 15 is 0 Å². The number of aromatic nitrogens is 4. The van der Waals surface area contributed by atoms with Crippen LogP contribution < -0.4 is 0 Å². The molecule has 0 amide bonds. The lowest BCUT2D eigenvalue weighted by Gasteiger charge is -2.06. The van der Waals surface area contributed by atoms with Gasteiger partial charge in [0.1, 0.15) is 17.3 Å². The van der Waals surface area contributed by atoms with Crippen LogP contribution in [0.15, 0.2) is 54.9 Å². The summed E-state index contributed by atoms with van der Waals surface area (Å²) in [6.45, 7) is 1.77. The highest BCUT2D eigenvalue weighted by Gasteiger charge is 2.17. The summed E-state index contributed by atoms with van der Waals surface area (Å²) in [4.78, 5) is 13.4. The number of benzene rings is 1. The minimum Gasteiger partial charge on any atom is -0.392 e. The summed E-state index contributed by atoms with van der Waals surface area (Å²) >= 11 is 0. The predicted molar refractivity (Wildman–Crippen MR) is 92.3 cm³/mol. The van der Waals surface area contributed by atoms with Crippen molar-refractivity contribution in [2.45, 2.75) is 13.5 Å². The zero-order valence-corrected chi connectivity index (χ0v) is 13.5. The van der Waals surface area contributed by atoms with E-state index in [0.29, 0.717) is 17.2 Å². The number of pyridine rings is 1. The lowest BCUT2D eigenvalue weighted by atomic mass is 10.1. The Labute approximate surface area is 143 Å². The van der Waals surface area contributed by atoms with Crippen molar-refractivity contribution in [1.82, 2.24) is 19.4 Å². The van der Waals surface area contributed by atoms with Crippen molar-refractivity contribution in [2.24, 2.45) is 0 Å². The molecule has 0 aliphatic heterocycles. The highest BCUT2D eigenvalue weighted by atomic mass is 19.1. The van der Waals surface area contributed by atoms with Crippen molar-refractivity contribution in [3.63, 3.8) is 0 Å². The smallest absolute Gasteiger partial charge is 0.138 e. The summed E-state index contributed by atoms with van der Waals surface area (Å²) < 4.78 is 15.2. The molecule has 124 valence electrons. The van der Waals surface area contributed by atoms with Gasteiger partial charge in [0.05, 0.1) is 23.7 Å². The van der Waals surface area contributed by atoms with Crippen molar-refractivity contribution >= 4 is 5.65 Å². The molecule has 0 saturated carbocycles. The van der Waals surface area contributed by atoms with Crippen molar-refractivity contribution in [3.05, 3.63) is 72.1 Å². The van der Waals surface area contributed by atoms with Crippen LogP contribution in [0.2, 0.25) is 0 Å². The number of halogens is 1. The number of hydrogen-bond donors (Lipinski definition) is 1. The molecule has 1 N–H and O–H groups in total. The van der Waals surface area contributed by atoms with Crippen LogP contribution in [0.3, 0.4) is 0 Å². The average molecular weight is 334 g/mol. The van der Waals surface area contributed by atoms with Crippen LogP contribution in [0.5, 0.6) is 0 Å². The molecule has 25 heavy (non-hydrogen) atoms. The molecule has 0 spiro atoms. The van der Waals surface area contributed by atoms with Gasteiger partial charge in [0.2, 0.25) is 0 Å². The summed E-state index contributed by atoms with van der Waals surface area (Å²) in [7, 11) is 0. The topological polar surface area (TPSA) is 63.3 Å². The maximum atomic E-state index is 13.3. The number of rotatable bonds is 3. The van der Waals surface area contributed by atoms with E-state index in [2.05, 4.69) is 9.97 Å². The molecule has 3 aromatic heterocycles. The molecule has 0 bridgehead atoms. The summed E-state index contributed by atoms with van der Waals surface area (Å²) in [5, 5.41) is 9.37. The molecule has 0 atom stereocenters. The van der Waals surface area contributed by atoms with Gasteiger partial charge < -0.3 is 5.11 Å². The Balaban J connectivity index is 2.03. The SMILES string of the molecule is Cc1nccc(-c2c(-c3ccc(F)cc3)nc3cc(CO)ccn23)n1. The van der Waals surface area contributed by atoms with Crippen molar-refractivity contribution in [1.29, 1.82) is 0 Å². The third kappa shape index (κ3) is 2.77. The first-order chi connectivity index (χ1) is 12.2. The number of hydrogen-bond acceptors (Lipinski definition) is 4. The number of imidazole rings is 1. The molecule has 0 radical (unpaired) electrons. The largest absolute Gasteiger partial charge is 0.392 e. The van der Waals surface area contributed by atoms with Crippen LogP contribution in [-0.4, -0.2) is 24.5 Å². The Morgan fingerprint density at radius 1 is 1.08 bits per heavy atom. The summed E-state index contributed by atoms with van der Waals surface area (Å²) in [6, 6.07) is 11.7. The molecule has 6 heteroatoms. The van der Waals surface area contributed by atoms with Gasteiger partial charge in [0.15, 0.2) is 0 Å². The molecule has 0 aliphatic carbocycles. The van der Waals surface area contributed by atoms with Crippen molar-refractivity contribution < 1.29 is 9.50 Å². The summed E-state index contributed by atoms with van der Waals surface area (Å²) in [5.41, 5.74) is 4.49. The molecule has 3 heterocycles. The molecule has 0 unspecified atom stereocenters. The van der Waals surface area contributed by atoms with Crippen molar-refractivity contribution in [3.8, 4) is 22.6 Å². The van der Waals surface area contributed by atoms with Crippen molar-refractivity contribution in [2.75, 3.05) is 0 Å². The summed E-state index contributed by atoms with van der Waals surface area (Å²) in [6.07, 6.45) is 3.56. The molecule has 0 saturated heterocycles. The molecule has 1 aromatic carbocycles. The van der Waals surface area contributed by atoms with E-state index < -0.39 is 0 Å². The lowest BCUT2D eigenvalue weighted by molar-refractivity contribution is 0.282. The van der Waals surface area contributed by atoms with Crippen LogP contribution >= 0.6 is 0 Å². The number of nitrogens with zero attached hydrogens (tertiary/aromatic N) is 4. The van der Waals surface area contributed by atoms with E-state index in [0.717, 1.165) is 22.5 Å². The third-order valence-electron chi connectivity index (χ3n) is 4.01. The Morgan fingerprint density at radius 3 is 2.60 bits per heavy atom. The number of aryl methyl sites for hydroxylation is 1. The maximum Gasteiger partial charge on any atom is 0.138 e. The van der Waals surface area contributed by atoms with Gasteiger partial charge in [0, 0.05) is 18.0 Å². The van der Waals surface area contributed by atoms with E-state index in [1.54, 1.807) is 18.3 Å². The van der Waals surface area contributed by atoms with Gasteiger partial charge in [-0.05, 0) is 55.0 Å². The second kappa shape index (κ2) is 6.07. The zero-order valence-electron chi connectivity index (χ0n) is 13.5. The molecule has 4 aromatic rings. The Morgan fingerprint density at radius 2 is 1.88 bits per heavy atom. The van der Waals surface area contributed by atoms with E-state index in [-0.39, 0.29) is 12.4 Å². The second-order valence-electron chi connectivity index (χ2n) is 5.73. The standard InChI is InChI=1S/C19H15FN4O/c1-12-21-8-6-16(22-12)19-18(14-2-4-15(20)5-3-14)23-17-10-13(11-25)7-9-24(17)19/h2-10,25H,11H2,1H3. The fraction of sp³-hybridized carbons (Fsp3) is 0.105. The van der Waals surface area contributed by atoms with Crippen LogP contribution in [-0.2, 0) is 6.61 Å². The molecule has 5 nitrogen and oxygen atoms in total. The van der Waals surface area contributed by atoms with E-state index in [4.69, 9.17) is 4.98 Å². The quantitative estimate of drug-likeness (QED) is 0.624. The number of aliphatic hydroxyl groups is 1. The first-order valence-electron chi connectivity index (χ1n) is 7.83. The fourth-order valence-electron chi connectivity index (χ4n) is 2.83. The van der Waals surface area contributed by atoms with Gasteiger partial charge in [-0.15, -0.1) is 0 Å². The van der Waals surface area contributed by atoms with Gasteiger partial charge in [-0.3, -0.25) is 4.40 Å². The van der Waals surface area contributed by atoms with Gasteiger partial charge in [0.25, 0.3) is 0 Å². The van der Waals surface area contributed by atoms with Crippen LogP contribution in [0.1, 0.15) is 11.4 Å². The monoisotopic (exact) mass is 334 g/mol. The molecular weight excluding hydrogens is 319 g/mol. The Hall–Kier alpha value is -3.12. The minimum atomic E-state index is -0.297. The van der Waals surface area contributed by atoms with E-state index in [9.17, 15) is 9.50 Å². The highest BCUT2D eigenvalue weighted by molar-refractivity contribution is 5.80. The van der Waals surface area contributed by atoms with Gasteiger partial charge >= 0.3 is 0 Å². The second-order valence-corrected chi connectivity index (χ2v) is 5.73. The number of aliphatic hydroxyl groups excluding tert-OH is 1. The Bertz CT molecular complexity index is 1060. The van der Waals surface area contributed by atoms with Crippen LogP contribution in [0.4, 0.5) is 4.39 Å². The van der Waals surface area contributed by atoms with Crippen LogP contribution in [0.25, 0.3) is 28.3 Å². The predicted octanol–water partition coefficient (Wildman–Crippen LogP) is 3.40. The highest BCUT2D eigenvalue weighted by Crippen LogP contribution is 2.32. The summed E-state index contributed by atoms with van der Waals surface area (Å²) in [5.74, 6) is 0.360. The van der Waals surface area contributed by atoms with E-state index in [1.807, 2.05) is 35.7 Å². The Kier molecular flexibility index (Phi) is 3.74. The van der Waals surface area contributed by atoms with Crippen LogP contribution in [0, 0.1) is 12.7 Å². The minimum absolute atomic E-state index is 0.0583. The fourth-order valence-corrected chi connectivity index (χ4v) is 2.83. The molecule has 0 aliphatic rings. The number of fused-ring (bicyclic) bond motifs is 1. The third-order valence-corrected chi connectivity index (χ3v) is 4.01. The van der Waals surface area contributed by atoms with Gasteiger partial charge in [-0.2, -0.15) is 0 Å².